The van der Waals surface area contributed by atoms with Crippen LogP contribution in [0.2, 0.25) is 0 Å². The van der Waals surface area contributed by atoms with Gasteiger partial charge in [0, 0.05) is 13.1 Å². The van der Waals surface area contributed by atoms with Crippen LogP contribution in [-0.2, 0) is 20.7 Å². The van der Waals surface area contributed by atoms with Gasteiger partial charge in [0.15, 0.2) is 0 Å². The molecule has 1 heterocycles. The SMILES string of the molecule is CCC(O)C(C(=O)OC(C)(C)C)C1(CC(C)C)CCN(CCc2ccccc2)C1=O. The van der Waals surface area contributed by atoms with Gasteiger partial charge in [-0.3, -0.25) is 9.59 Å². The molecule has 5 heteroatoms. The zero-order valence-corrected chi connectivity index (χ0v) is 19.5. The fraction of sp³-hybridized carbons (Fsp3) is 0.680. The van der Waals surface area contributed by atoms with Crippen LogP contribution in [0.1, 0.15) is 66.4 Å². The Labute approximate surface area is 181 Å². The summed E-state index contributed by atoms with van der Waals surface area (Å²) in [6.45, 7) is 12.6. The third-order valence-electron chi connectivity index (χ3n) is 5.89. The van der Waals surface area contributed by atoms with Gasteiger partial charge >= 0.3 is 5.97 Å². The van der Waals surface area contributed by atoms with E-state index in [1.54, 1.807) is 0 Å². The average Bonchev–Trinajstić information content (AvgIpc) is 2.95. The smallest absolute Gasteiger partial charge is 0.313 e. The second-order valence-electron chi connectivity index (χ2n) is 10.0. The van der Waals surface area contributed by atoms with E-state index in [1.165, 1.54) is 5.56 Å². The van der Waals surface area contributed by atoms with Gasteiger partial charge in [-0.15, -0.1) is 0 Å². The molecule has 0 saturated carbocycles. The number of aliphatic hydroxyl groups excluding tert-OH is 1. The summed E-state index contributed by atoms with van der Waals surface area (Å²) in [6, 6.07) is 10.1. The molecule has 1 saturated heterocycles. The van der Waals surface area contributed by atoms with E-state index >= 15 is 0 Å². The highest BCUT2D eigenvalue weighted by molar-refractivity contribution is 5.91. The molecule has 5 nitrogen and oxygen atoms in total. The van der Waals surface area contributed by atoms with Crippen LogP contribution in [-0.4, -0.2) is 46.7 Å². The van der Waals surface area contributed by atoms with Crippen molar-refractivity contribution in [2.75, 3.05) is 13.1 Å². The Morgan fingerprint density at radius 2 is 1.87 bits per heavy atom. The normalized spacial score (nSPS) is 21.7. The molecule has 30 heavy (non-hydrogen) atoms. The van der Waals surface area contributed by atoms with Crippen molar-refractivity contribution in [3.05, 3.63) is 35.9 Å². The molecule has 2 rings (SSSR count). The summed E-state index contributed by atoms with van der Waals surface area (Å²) < 4.78 is 5.69. The van der Waals surface area contributed by atoms with Gasteiger partial charge in [-0.25, -0.2) is 0 Å². The van der Waals surface area contributed by atoms with Gasteiger partial charge in [-0.1, -0.05) is 51.1 Å². The van der Waals surface area contributed by atoms with Crippen molar-refractivity contribution in [2.45, 2.75) is 78.9 Å². The van der Waals surface area contributed by atoms with E-state index in [-0.39, 0.29) is 11.8 Å². The molecule has 1 fully saturated rings. The van der Waals surface area contributed by atoms with E-state index in [1.807, 2.05) is 50.8 Å². The lowest BCUT2D eigenvalue weighted by Gasteiger charge is -2.39. The summed E-state index contributed by atoms with van der Waals surface area (Å²) >= 11 is 0. The lowest BCUT2D eigenvalue weighted by atomic mass is 9.66. The van der Waals surface area contributed by atoms with Crippen molar-refractivity contribution in [3.8, 4) is 0 Å². The van der Waals surface area contributed by atoms with Gasteiger partial charge in [0.2, 0.25) is 5.91 Å². The fourth-order valence-corrected chi connectivity index (χ4v) is 4.67. The summed E-state index contributed by atoms with van der Waals surface area (Å²) in [4.78, 5) is 28.8. The highest BCUT2D eigenvalue weighted by Gasteiger charge is 2.57. The molecule has 0 radical (unpaired) electrons. The topological polar surface area (TPSA) is 66.8 Å². The molecule has 0 aromatic heterocycles. The first-order chi connectivity index (χ1) is 14.0. The largest absolute Gasteiger partial charge is 0.460 e. The molecule has 0 spiro atoms. The molecular weight excluding hydrogens is 378 g/mol. The van der Waals surface area contributed by atoms with Gasteiger partial charge in [-0.2, -0.15) is 0 Å². The van der Waals surface area contributed by atoms with Crippen LogP contribution in [0.25, 0.3) is 0 Å². The minimum Gasteiger partial charge on any atom is -0.460 e. The number of hydrogen-bond acceptors (Lipinski definition) is 4. The second kappa shape index (κ2) is 9.95. The highest BCUT2D eigenvalue weighted by atomic mass is 16.6. The van der Waals surface area contributed by atoms with E-state index in [2.05, 4.69) is 26.0 Å². The zero-order chi connectivity index (χ0) is 22.5. The van der Waals surface area contributed by atoms with Crippen molar-refractivity contribution < 1.29 is 19.4 Å². The molecule has 1 aromatic carbocycles. The molecule has 1 aliphatic rings. The van der Waals surface area contributed by atoms with Crippen molar-refractivity contribution in [2.24, 2.45) is 17.3 Å². The first kappa shape index (κ1) is 24.4. The van der Waals surface area contributed by atoms with Gasteiger partial charge in [0.05, 0.1) is 17.4 Å². The Bertz CT molecular complexity index is 710. The van der Waals surface area contributed by atoms with Gasteiger partial charge < -0.3 is 14.7 Å². The number of carbonyl (C=O) groups is 2. The van der Waals surface area contributed by atoms with E-state index < -0.39 is 29.0 Å². The number of rotatable bonds is 9. The number of ether oxygens (including phenoxy) is 1. The molecule has 0 bridgehead atoms. The molecule has 168 valence electrons. The van der Waals surface area contributed by atoms with Crippen molar-refractivity contribution in [1.29, 1.82) is 0 Å². The molecule has 1 aromatic rings. The molecule has 1 amide bonds. The third kappa shape index (κ3) is 5.84. The Hall–Kier alpha value is -1.88. The number of esters is 1. The Morgan fingerprint density at radius 1 is 1.23 bits per heavy atom. The number of nitrogens with zero attached hydrogens (tertiary/aromatic N) is 1. The molecule has 3 unspecified atom stereocenters. The standard InChI is InChI=1S/C25H39NO4/c1-7-20(27)21(22(28)30-24(4,5)6)25(17-18(2)3)14-16-26(23(25)29)15-13-19-11-9-8-10-12-19/h8-12,18,20-21,27H,7,13-17H2,1-6H3. The van der Waals surface area contributed by atoms with E-state index in [4.69, 9.17) is 4.74 Å². The number of amides is 1. The van der Waals surface area contributed by atoms with E-state index in [9.17, 15) is 14.7 Å². The number of likely N-dealkylation sites (tertiary alicyclic amines) is 1. The number of hydrogen-bond donors (Lipinski definition) is 1. The predicted molar refractivity (Wildman–Crippen MR) is 119 cm³/mol. The van der Waals surface area contributed by atoms with Crippen LogP contribution in [0, 0.1) is 17.3 Å². The van der Waals surface area contributed by atoms with Gasteiger partial charge in [0.25, 0.3) is 0 Å². The number of carbonyl (C=O) groups excluding carboxylic acids is 2. The predicted octanol–water partition coefficient (Wildman–Crippen LogP) is 4.22. The minimum atomic E-state index is -0.914. The highest BCUT2D eigenvalue weighted by Crippen LogP contribution is 2.47. The van der Waals surface area contributed by atoms with Crippen LogP contribution in [0.3, 0.4) is 0 Å². The average molecular weight is 418 g/mol. The number of aliphatic hydroxyl groups is 1. The first-order valence-corrected chi connectivity index (χ1v) is 11.2. The summed E-state index contributed by atoms with van der Waals surface area (Å²) in [5.41, 5.74) is -0.400. The lowest BCUT2D eigenvalue weighted by Crippen LogP contribution is -2.50. The minimum absolute atomic E-state index is 0.0181. The van der Waals surface area contributed by atoms with Crippen molar-refractivity contribution in [1.82, 2.24) is 4.90 Å². The van der Waals surface area contributed by atoms with Crippen LogP contribution in [0.5, 0.6) is 0 Å². The maximum Gasteiger partial charge on any atom is 0.313 e. The quantitative estimate of drug-likeness (QED) is 0.611. The first-order valence-electron chi connectivity index (χ1n) is 11.2. The summed E-state index contributed by atoms with van der Waals surface area (Å²) in [5, 5.41) is 10.9. The summed E-state index contributed by atoms with van der Waals surface area (Å²) in [5.74, 6) is -1.11. The van der Waals surface area contributed by atoms with E-state index in [0.29, 0.717) is 32.4 Å². The molecular formula is C25H39NO4. The molecule has 3 atom stereocenters. The maximum absolute atomic E-state index is 13.7. The fourth-order valence-electron chi connectivity index (χ4n) is 4.67. The Balaban J connectivity index is 2.32. The lowest BCUT2D eigenvalue weighted by molar-refractivity contribution is -0.176. The Morgan fingerprint density at radius 3 is 2.40 bits per heavy atom. The summed E-state index contributed by atoms with van der Waals surface area (Å²) in [6.07, 6.45) is 1.41. The molecule has 1 N–H and O–H groups in total. The van der Waals surface area contributed by atoms with Crippen LogP contribution < -0.4 is 0 Å². The van der Waals surface area contributed by atoms with Gasteiger partial charge in [-0.05, 0) is 57.9 Å². The van der Waals surface area contributed by atoms with Crippen LogP contribution >= 0.6 is 0 Å². The molecule has 0 aliphatic carbocycles. The monoisotopic (exact) mass is 417 g/mol. The van der Waals surface area contributed by atoms with Crippen LogP contribution in [0.4, 0.5) is 0 Å². The molecule has 1 aliphatic heterocycles. The van der Waals surface area contributed by atoms with Crippen molar-refractivity contribution >= 4 is 11.9 Å². The van der Waals surface area contributed by atoms with E-state index in [0.717, 1.165) is 6.42 Å². The summed E-state index contributed by atoms with van der Waals surface area (Å²) in [7, 11) is 0. The van der Waals surface area contributed by atoms with Gasteiger partial charge in [0.1, 0.15) is 5.60 Å². The van der Waals surface area contributed by atoms with Crippen LogP contribution in [0.15, 0.2) is 30.3 Å². The number of benzene rings is 1. The Kier molecular flexibility index (Phi) is 8.09. The zero-order valence-electron chi connectivity index (χ0n) is 19.5. The van der Waals surface area contributed by atoms with Crippen molar-refractivity contribution in [3.63, 3.8) is 0 Å². The third-order valence-corrected chi connectivity index (χ3v) is 5.89. The maximum atomic E-state index is 13.7. The second-order valence-corrected chi connectivity index (χ2v) is 10.0.